The molecule has 0 aromatic rings. The Kier molecular flexibility index (Phi) is 6.82. The number of hydrogen-bond donors (Lipinski definition) is 0. The lowest BCUT2D eigenvalue weighted by molar-refractivity contribution is 0.0220. The number of halogens is 2. The largest absolute Gasteiger partial charge is 0.242 e. The van der Waals surface area contributed by atoms with Crippen molar-refractivity contribution >= 4 is 34.0 Å². The van der Waals surface area contributed by atoms with Gasteiger partial charge in [-0.2, -0.15) is 0 Å². The monoisotopic (exact) mass is 300 g/mol. The first kappa shape index (κ1) is 12.9. The molecule has 0 radical (unpaired) electrons. The molecule has 0 bridgehead atoms. The first-order chi connectivity index (χ1) is 4.97. The SMILES string of the molecule is Br.Br.C1CCN(N2CCCC2)C1. The molecule has 2 fully saturated rings. The van der Waals surface area contributed by atoms with Gasteiger partial charge in [-0.15, -0.1) is 34.0 Å². The smallest absolute Gasteiger partial charge is 0.0133 e. The Balaban J connectivity index is 0.000000605. The third-order valence-corrected chi connectivity index (χ3v) is 2.56. The first-order valence-electron chi connectivity index (χ1n) is 4.46. The fourth-order valence-corrected chi connectivity index (χ4v) is 1.97. The van der Waals surface area contributed by atoms with Crippen LogP contribution in [0.4, 0.5) is 0 Å². The van der Waals surface area contributed by atoms with Crippen molar-refractivity contribution in [2.75, 3.05) is 26.2 Å². The van der Waals surface area contributed by atoms with E-state index < -0.39 is 0 Å². The molecule has 2 heterocycles. The van der Waals surface area contributed by atoms with Gasteiger partial charge in [0.1, 0.15) is 0 Å². The number of nitrogens with zero attached hydrogens (tertiary/aromatic N) is 2. The van der Waals surface area contributed by atoms with Crippen LogP contribution in [-0.4, -0.2) is 36.2 Å². The Morgan fingerprint density at radius 3 is 1.00 bits per heavy atom. The standard InChI is InChI=1S/C8H16N2.2BrH/c1-2-6-9(5-1)10-7-3-4-8-10;;/h1-8H2;2*1H. The normalized spacial score (nSPS) is 25.0. The lowest BCUT2D eigenvalue weighted by Crippen LogP contribution is -2.38. The molecule has 2 aliphatic heterocycles. The highest BCUT2D eigenvalue weighted by Crippen LogP contribution is 2.16. The van der Waals surface area contributed by atoms with Crippen LogP contribution in [0.25, 0.3) is 0 Å². The van der Waals surface area contributed by atoms with Gasteiger partial charge in [0, 0.05) is 26.2 Å². The lowest BCUT2D eigenvalue weighted by Gasteiger charge is -2.26. The zero-order chi connectivity index (χ0) is 6.81. The maximum atomic E-state index is 2.53. The Hall–Kier alpha value is 0.880. The Labute approximate surface area is 95.8 Å². The maximum absolute atomic E-state index is 2.53. The second-order valence-corrected chi connectivity index (χ2v) is 3.32. The predicted molar refractivity (Wildman–Crippen MR) is 62.3 cm³/mol. The third kappa shape index (κ3) is 2.98. The van der Waals surface area contributed by atoms with Crippen molar-refractivity contribution in [1.29, 1.82) is 0 Å². The van der Waals surface area contributed by atoms with Crippen LogP contribution in [0.3, 0.4) is 0 Å². The second kappa shape index (κ2) is 6.35. The molecule has 0 spiro atoms. The minimum atomic E-state index is 0. The number of hydrogen-bond acceptors (Lipinski definition) is 2. The van der Waals surface area contributed by atoms with Gasteiger partial charge in [-0.3, -0.25) is 0 Å². The number of hydrazine groups is 1. The van der Waals surface area contributed by atoms with Gasteiger partial charge in [-0.1, -0.05) is 0 Å². The van der Waals surface area contributed by atoms with Crippen LogP contribution in [0, 0.1) is 0 Å². The molecule has 0 N–H and O–H groups in total. The molecule has 0 aromatic carbocycles. The summed E-state index contributed by atoms with van der Waals surface area (Å²) < 4.78 is 0. The van der Waals surface area contributed by atoms with Crippen LogP contribution in [0.5, 0.6) is 0 Å². The van der Waals surface area contributed by atoms with Crippen molar-refractivity contribution in [3.8, 4) is 0 Å². The van der Waals surface area contributed by atoms with Gasteiger partial charge in [-0.25, -0.2) is 10.0 Å². The highest BCUT2D eigenvalue weighted by Gasteiger charge is 2.21. The molecular formula is C8H18Br2N2. The summed E-state index contributed by atoms with van der Waals surface area (Å²) in [5, 5.41) is 5.07. The van der Waals surface area contributed by atoms with E-state index in [0.29, 0.717) is 0 Å². The second-order valence-electron chi connectivity index (χ2n) is 3.32. The molecule has 2 saturated heterocycles. The van der Waals surface area contributed by atoms with E-state index >= 15 is 0 Å². The van der Waals surface area contributed by atoms with Crippen molar-refractivity contribution in [2.24, 2.45) is 0 Å². The summed E-state index contributed by atoms with van der Waals surface area (Å²) in [7, 11) is 0. The van der Waals surface area contributed by atoms with Gasteiger partial charge in [0.05, 0.1) is 0 Å². The van der Waals surface area contributed by atoms with E-state index in [1.54, 1.807) is 0 Å². The van der Waals surface area contributed by atoms with E-state index in [4.69, 9.17) is 0 Å². The average Bonchev–Trinajstić information content (AvgIpc) is 2.59. The summed E-state index contributed by atoms with van der Waals surface area (Å²) in [5.74, 6) is 0. The molecule has 0 aliphatic carbocycles. The van der Waals surface area contributed by atoms with Crippen LogP contribution < -0.4 is 0 Å². The highest BCUT2D eigenvalue weighted by molar-refractivity contribution is 8.93. The van der Waals surface area contributed by atoms with Gasteiger partial charge in [0.2, 0.25) is 0 Å². The van der Waals surface area contributed by atoms with Gasteiger partial charge in [0.15, 0.2) is 0 Å². The summed E-state index contributed by atoms with van der Waals surface area (Å²) >= 11 is 0. The molecule has 2 aliphatic rings. The molecule has 0 atom stereocenters. The Morgan fingerprint density at radius 2 is 0.750 bits per heavy atom. The summed E-state index contributed by atoms with van der Waals surface area (Å²) in [6.07, 6.45) is 5.65. The summed E-state index contributed by atoms with van der Waals surface area (Å²) in [6.45, 7) is 5.28. The molecular weight excluding hydrogens is 284 g/mol. The minimum absolute atomic E-state index is 0. The third-order valence-electron chi connectivity index (χ3n) is 2.56. The van der Waals surface area contributed by atoms with E-state index in [0.717, 1.165) is 0 Å². The molecule has 2 nitrogen and oxygen atoms in total. The molecule has 0 aromatic heterocycles. The van der Waals surface area contributed by atoms with E-state index in [-0.39, 0.29) is 34.0 Å². The topological polar surface area (TPSA) is 6.48 Å². The first-order valence-corrected chi connectivity index (χ1v) is 4.46. The average molecular weight is 302 g/mol. The lowest BCUT2D eigenvalue weighted by atomic mass is 10.4. The van der Waals surface area contributed by atoms with E-state index in [2.05, 4.69) is 10.0 Å². The molecule has 0 unspecified atom stereocenters. The highest BCUT2D eigenvalue weighted by atomic mass is 79.9. The van der Waals surface area contributed by atoms with Crippen molar-refractivity contribution in [3.63, 3.8) is 0 Å². The molecule has 0 saturated carbocycles. The van der Waals surface area contributed by atoms with Crippen molar-refractivity contribution in [3.05, 3.63) is 0 Å². The van der Waals surface area contributed by atoms with Crippen molar-refractivity contribution < 1.29 is 0 Å². The van der Waals surface area contributed by atoms with Gasteiger partial charge in [-0.05, 0) is 25.7 Å². The molecule has 12 heavy (non-hydrogen) atoms. The maximum Gasteiger partial charge on any atom is 0.0133 e. The van der Waals surface area contributed by atoms with E-state index in [1.807, 2.05) is 0 Å². The zero-order valence-corrected chi connectivity index (χ0v) is 10.8. The van der Waals surface area contributed by atoms with Crippen LogP contribution in [0.1, 0.15) is 25.7 Å². The van der Waals surface area contributed by atoms with E-state index in [1.165, 1.54) is 51.9 Å². The van der Waals surface area contributed by atoms with Crippen LogP contribution in [0.15, 0.2) is 0 Å². The Morgan fingerprint density at radius 1 is 0.500 bits per heavy atom. The zero-order valence-electron chi connectivity index (χ0n) is 7.37. The van der Waals surface area contributed by atoms with Gasteiger partial charge >= 0.3 is 0 Å². The molecule has 74 valence electrons. The van der Waals surface area contributed by atoms with Crippen molar-refractivity contribution in [2.45, 2.75) is 25.7 Å². The van der Waals surface area contributed by atoms with Crippen molar-refractivity contribution in [1.82, 2.24) is 10.0 Å². The molecule has 0 amide bonds. The fraction of sp³-hybridized carbons (Fsp3) is 1.00. The quantitative estimate of drug-likeness (QED) is 0.733. The summed E-state index contributed by atoms with van der Waals surface area (Å²) in [6, 6.07) is 0. The van der Waals surface area contributed by atoms with Crippen LogP contribution >= 0.6 is 34.0 Å². The predicted octanol–water partition coefficient (Wildman–Crippen LogP) is 2.25. The van der Waals surface area contributed by atoms with Crippen LogP contribution in [-0.2, 0) is 0 Å². The van der Waals surface area contributed by atoms with Crippen LogP contribution in [0.2, 0.25) is 0 Å². The Bertz CT molecular complexity index is 95.6. The number of rotatable bonds is 1. The van der Waals surface area contributed by atoms with Gasteiger partial charge in [0.25, 0.3) is 0 Å². The minimum Gasteiger partial charge on any atom is -0.242 e. The fourth-order valence-electron chi connectivity index (χ4n) is 1.97. The van der Waals surface area contributed by atoms with E-state index in [9.17, 15) is 0 Å². The van der Waals surface area contributed by atoms with Gasteiger partial charge < -0.3 is 0 Å². The summed E-state index contributed by atoms with van der Waals surface area (Å²) in [5.41, 5.74) is 0. The summed E-state index contributed by atoms with van der Waals surface area (Å²) in [4.78, 5) is 0. The molecule has 2 rings (SSSR count). The molecule has 4 heteroatoms.